The lowest BCUT2D eigenvalue weighted by molar-refractivity contribution is -0.209. The largest absolute Gasteiger partial charge is 0.347 e. The summed E-state index contributed by atoms with van der Waals surface area (Å²) in [6.07, 6.45) is 4.97. The van der Waals surface area contributed by atoms with Gasteiger partial charge in [0.25, 0.3) is 0 Å². The van der Waals surface area contributed by atoms with E-state index in [0.717, 1.165) is 25.6 Å². The van der Waals surface area contributed by atoms with Crippen LogP contribution in [0.4, 0.5) is 0 Å². The fourth-order valence-electron chi connectivity index (χ4n) is 3.70. The first-order valence-electron chi connectivity index (χ1n) is 6.25. The van der Waals surface area contributed by atoms with Gasteiger partial charge in [0, 0.05) is 11.8 Å². The Balaban J connectivity index is 1.90. The monoisotopic (exact) mass is 210 g/mol. The highest BCUT2D eigenvalue weighted by Gasteiger charge is 2.68. The van der Waals surface area contributed by atoms with Crippen LogP contribution in [0.5, 0.6) is 0 Å². The Labute approximate surface area is 92.3 Å². The van der Waals surface area contributed by atoms with Gasteiger partial charge in [0.2, 0.25) is 0 Å². The van der Waals surface area contributed by atoms with Crippen LogP contribution < -0.4 is 0 Å². The van der Waals surface area contributed by atoms with Gasteiger partial charge in [-0.25, -0.2) is 0 Å². The lowest BCUT2D eigenvalue weighted by Crippen LogP contribution is -2.40. The highest BCUT2D eigenvalue weighted by Crippen LogP contribution is 2.68. The van der Waals surface area contributed by atoms with Crippen molar-refractivity contribution in [1.82, 2.24) is 0 Å². The molecule has 2 heteroatoms. The summed E-state index contributed by atoms with van der Waals surface area (Å²) in [5.74, 6) is 0.610. The number of hydrogen-bond acceptors (Lipinski definition) is 2. The van der Waals surface area contributed by atoms with Gasteiger partial charge in [-0.05, 0) is 30.6 Å². The topological polar surface area (TPSA) is 18.5 Å². The summed E-state index contributed by atoms with van der Waals surface area (Å²) in [6, 6.07) is 0. The van der Waals surface area contributed by atoms with E-state index >= 15 is 0 Å². The van der Waals surface area contributed by atoms with E-state index in [4.69, 9.17) is 9.47 Å². The molecular formula is C13H22O2. The predicted molar refractivity (Wildman–Crippen MR) is 58.5 cm³/mol. The van der Waals surface area contributed by atoms with Crippen molar-refractivity contribution in [2.24, 2.45) is 16.7 Å². The summed E-state index contributed by atoms with van der Waals surface area (Å²) in [4.78, 5) is 0. The summed E-state index contributed by atoms with van der Waals surface area (Å²) in [6.45, 7) is 8.73. The standard InChI is InChI=1S/C13H22O2/c1-11(2)4-5-13(14-6-7-15-13)12(3)9-10(12)8-11/h10H,4-9H2,1-3H3/t10-,12-/m1/s1. The summed E-state index contributed by atoms with van der Waals surface area (Å²) in [5.41, 5.74) is 0.790. The van der Waals surface area contributed by atoms with Gasteiger partial charge in [-0.1, -0.05) is 20.8 Å². The van der Waals surface area contributed by atoms with Gasteiger partial charge in [-0.2, -0.15) is 0 Å². The van der Waals surface area contributed by atoms with Gasteiger partial charge >= 0.3 is 0 Å². The second kappa shape index (κ2) is 2.78. The number of fused-ring (bicyclic) bond motifs is 2. The van der Waals surface area contributed by atoms with Gasteiger partial charge in [-0.3, -0.25) is 0 Å². The summed E-state index contributed by atoms with van der Waals surface area (Å²) >= 11 is 0. The van der Waals surface area contributed by atoms with Crippen molar-refractivity contribution in [1.29, 1.82) is 0 Å². The molecule has 2 aliphatic carbocycles. The molecule has 0 unspecified atom stereocenters. The lowest BCUT2D eigenvalue weighted by atomic mass is 9.83. The van der Waals surface area contributed by atoms with Gasteiger partial charge < -0.3 is 9.47 Å². The minimum Gasteiger partial charge on any atom is -0.347 e. The second-order valence-corrected chi connectivity index (χ2v) is 6.64. The van der Waals surface area contributed by atoms with E-state index < -0.39 is 0 Å². The molecule has 0 aromatic carbocycles. The van der Waals surface area contributed by atoms with Gasteiger partial charge in [0.05, 0.1) is 13.2 Å². The molecule has 15 heavy (non-hydrogen) atoms. The quantitative estimate of drug-likeness (QED) is 0.612. The molecule has 0 aromatic rings. The number of ether oxygens (including phenoxy) is 2. The Hall–Kier alpha value is -0.0800. The molecule has 1 heterocycles. The van der Waals surface area contributed by atoms with Gasteiger partial charge in [0.1, 0.15) is 0 Å². The molecule has 2 nitrogen and oxygen atoms in total. The molecule has 0 radical (unpaired) electrons. The predicted octanol–water partition coefficient (Wildman–Crippen LogP) is 2.97. The third-order valence-electron chi connectivity index (χ3n) is 4.97. The van der Waals surface area contributed by atoms with E-state index in [1.165, 1.54) is 19.3 Å². The Morgan fingerprint density at radius 1 is 0.933 bits per heavy atom. The third-order valence-corrected chi connectivity index (χ3v) is 4.97. The van der Waals surface area contributed by atoms with Crippen molar-refractivity contribution in [2.75, 3.05) is 13.2 Å². The molecule has 1 aliphatic heterocycles. The highest BCUT2D eigenvalue weighted by molar-refractivity contribution is 5.12. The molecule has 0 N–H and O–H groups in total. The Morgan fingerprint density at radius 3 is 2.27 bits per heavy atom. The number of hydrogen-bond donors (Lipinski definition) is 0. The Bertz CT molecular complexity index is 278. The van der Waals surface area contributed by atoms with Crippen LogP contribution in [0, 0.1) is 16.7 Å². The van der Waals surface area contributed by atoms with Crippen LogP contribution in [0.2, 0.25) is 0 Å². The molecule has 1 spiro atoms. The minimum atomic E-state index is -0.217. The highest BCUT2D eigenvalue weighted by atomic mass is 16.7. The summed E-state index contributed by atoms with van der Waals surface area (Å²) in [5, 5.41) is 0. The van der Waals surface area contributed by atoms with Crippen molar-refractivity contribution in [2.45, 2.75) is 52.2 Å². The van der Waals surface area contributed by atoms with Crippen molar-refractivity contribution < 1.29 is 9.47 Å². The molecule has 86 valence electrons. The molecule has 0 amide bonds. The molecule has 2 atom stereocenters. The van der Waals surface area contributed by atoms with E-state index in [0.29, 0.717) is 10.8 Å². The minimum absolute atomic E-state index is 0.217. The van der Waals surface area contributed by atoms with Crippen molar-refractivity contribution in [3.63, 3.8) is 0 Å². The maximum Gasteiger partial charge on any atom is 0.174 e. The first kappa shape index (κ1) is 10.1. The van der Waals surface area contributed by atoms with Crippen molar-refractivity contribution in [3.8, 4) is 0 Å². The van der Waals surface area contributed by atoms with Crippen LogP contribution in [-0.2, 0) is 9.47 Å². The maximum absolute atomic E-state index is 5.99. The average Bonchev–Trinajstić information content (AvgIpc) is 2.68. The SMILES string of the molecule is CC1(C)CCC2(OCCO2)[C@]2(C)C[C@H]2C1. The van der Waals surface area contributed by atoms with Crippen LogP contribution in [0.1, 0.15) is 46.5 Å². The summed E-state index contributed by atoms with van der Waals surface area (Å²) in [7, 11) is 0. The smallest absolute Gasteiger partial charge is 0.174 e. The van der Waals surface area contributed by atoms with Crippen molar-refractivity contribution >= 4 is 0 Å². The zero-order chi connectivity index (χ0) is 10.7. The van der Waals surface area contributed by atoms with Crippen molar-refractivity contribution in [3.05, 3.63) is 0 Å². The van der Waals surface area contributed by atoms with Crippen LogP contribution in [-0.4, -0.2) is 19.0 Å². The fourth-order valence-corrected chi connectivity index (χ4v) is 3.70. The lowest BCUT2D eigenvalue weighted by Gasteiger charge is -2.34. The zero-order valence-corrected chi connectivity index (χ0v) is 10.1. The first-order chi connectivity index (χ1) is 6.98. The van der Waals surface area contributed by atoms with E-state index in [1.54, 1.807) is 0 Å². The Kier molecular flexibility index (Phi) is 1.87. The van der Waals surface area contributed by atoms with Crippen LogP contribution in [0.3, 0.4) is 0 Å². The van der Waals surface area contributed by atoms with E-state index in [9.17, 15) is 0 Å². The molecule has 1 saturated heterocycles. The maximum atomic E-state index is 5.99. The molecule has 2 saturated carbocycles. The van der Waals surface area contributed by atoms with Crippen LogP contribution >= 0.6 is 0 Å². The normalized spacial score (nSPS) is 46.2. The van der Waals surface area contributed by atoms with Crippen LogP contribution in [0.15, 0.2) is 0 Å². The molecule has 0 bridgehead atoms. The molecule has 3 fully saturated rings. The molecule has 0 aromatic heterocycles. The zero-order valence-electron chi connectivity index (χ0n) is 10.1. The Morgan fingerprint density at radius 2 is 1.60 bits per heavy atom. The molecular weight excluding hydrogens is 188 g/mol. The van der Waals surface area contributed by atoms with E-state index in [1.807, 2.05) is 0 Å². The molecule has 3 rings (SSSR count). The first-order valence-corrected chi connectivity index (χ1v) is 6.25. The second-order valence-electron chi connectivity index (χ2n) is 6.64. The number of rotatable bonds is 0. The fraction of sp³-hybridized carbons (Fsp3) is 1.00. The average molecular weight is 210 g/mol. The third kappa shape index (κ3) is 1.31. The summed E-state index contributed by atoms with van der Waals surface area (Å²) < 4.78 is 12.0. The molecule has 3 aliphatic rings. The van der Waals surface area contributed by atoms with Crippen LogP contribution in [0.25, 0.3) is 0 Å². The van der Waals surface area contributed by atoms with Gasteiger partial charge in [0.15, 0.2) is 5.79 Å². The van der Waals surface area contributed by atoms with Gasteiger partial charge in [-0.15, -0.1) is 0 Å². The van der Waals surface area contributed by atoms with E-state index in [2.05, 4.69) is 20.8 Å². The van der Waals surface area contributed by atoms with E-state index in [-0.39, 0.29) is 5.79 Å².